The first-order valence-corrected chi connectivity index (χ1v) is 12.4. The number of nitrogen functional groups attached to an aromatic ring is 1. The molecule has 0 radical (unpaired) electrons. The first-order valence-electron chi connectivity index (χ1n) is 12.4. The van der Waals surface area contributed by atoms with Crippen molar-refractivity contribution in [3.8, 4) is 22.5 Å². The van der Waals surface area contributed by atoms with Crippen molar-refractivity contribution >= 4 is 34.0 Å². The van der Waals surface area contributed by atoms with Crippen LogP contribution in [0.25, 0.3) is 33.4 Å². The summed E-state index contributed by atoms with van der Waals surface area (Å²) in [5, 5.41) is 23.2. The van der Waals surface area contributed by atoms with Gasteiger partial charge in [0, 0.05) is 59.1 Å². The maximum absolute atomic E-state index is 12.4. The van der Waals surface area contributed by atoms with Gasteiger partial charge in [-0.2, -0.15) is 0 Å². The van der Waals surface area contributed by atoms with Crippen molar-refractivity contribution in [3.63, 3.8) is 0 Å². The molecule has 1 aliphatic heterocycles. The zero-order valence-corrected chi connectivity index (χ0v) is 21.4. The van der Waals surface area contributed by atoms with E-state index in [1.807, 2.05) is 36.4 Å². The third kappa shape index (κ3) is 4.48. The first-order chi connectivity index (χ1) is 17.7. The summed E-state index contributed by atoms with van der Waals surface area (Å²) in [7, 11) is 0. The predicted molar refractivity (Wildman–Crippen MR) is 146 cm³/mol. The molecule has 4 rings (SSSR count). The highest BCUT2D eigenvalue weighted by molar-refractivity contribution is 6.11. The van der Waals surface area contributed by atoms with E-state index in [-0.39, 0.29) is 11.3 Å². The Morgan fingerprint density at radius 2 is 1.68 bits per heavy atom. The van der Waals surface area contributed by atoms with Gasteiger partial charge in [0.25, 0.3) is 5.69 Å². The molecule has 0 atom stereocenters. The highest BCUT2D eigenvalue weighted by Crippen LogP contribution is 2.44. The van der Waals surface area contributed by atoms with Gasteiger partial charge < -0.3 is 20.2 Å². The van der Waals surface area contributed by atoms with Gasteiger partial charge in [0.05, 0.1) is 16.6 Å². The molecule has 0 amide bonds. The molecule has 3 N–H and O–H groups in total. The first kappa shape index (κ1) is 25.7. The zero-order chi connectivity index (χ0) is 26.9. The maximum atomic E-state index is 12.4. The summed E-state index contributed by atoms with van der Waals surface area (Å²) in [6, 6.07) is 14.4. The number of nitrogens with two attached hydrogens (primary N) is 1. The van der Waals surface area contributed by atoms with E-state index in [1.54, 1.807) is 0 Å². The third-order valence-corrected chi connectivity index (χ3v) is 6.85. The topological polar surface area (TPSA) is 126 Å². The molecular formula is C28H31N4O5+. The fraction of sp³-hybridized carbons (Fsp3) is 0.286. The van der Waals surface area contributed by atoms with Crippen molar-refractivity contribution in [1.29, 1.82) is 0 Å². The lowest BCUT2D eigenvalue weighted by Crippen LogP contribution is -2.29. The molecular weight excluding hydrogens is 472 g/mol. The van der Waals surface area contributed by atoms with Crippen molar-refractivity contribution < 1.29 is 19.2 Å². The summed E-state index contributed by atoms with van der Waals surface area (Å²) in [4.78, 5) is 25.4. The number of hydrogen-bond acceptors (Lipinski definition) is 6. The number of nitrogens with zero attached hydrogens (tertiary/aromatic N) is 3. The Morgan fingerprint density at radius 1 is 1.00 bits per heavy atom. The molecule has 1 aliphatic carbocycles. The number of fused-ring (bicyclic) bond motifs is 2. The average Bonchev–Trinajstić information content (AvgIpc) is 2.88. The molecule has 9 heteroatoms. The van der Waals surface area contributed by atoms with Gasteiger partial charge in [-0.25, -0.2) is 9.37 Å². The van der Waals surface area contributed by atoms with Crippen LogP contribution in [-0.2, 0) is 0 Å². The molecule has 0 unspecified atom stereocenters. The SMILES string of the molecule is CCN(CC)c1ccc2c(-c3ccc([N+](=O)[O-])c(N)c3C(=O)O)c3ccc(=[N+](CC)CC)cc-3oc2c1. The van der Waals surface area contributed by atoms with E-state index >= 15 is 0 Å². The highest BCUT2D eigenvalue weighted by Gasteiger charge is 2.28. The minimum atomic E-state index is -1.34. The molecule has 0 bridgehead atoms. The van der Waals surface area contributed by atoms with Crippen LogP contribution in [0.3, 0.4) is 0 Å². The molecule has 2 aromatic carbocycles. The Kier molecular flexibility index (Phi) is 7.15. The summed E-state index contributed by atoms with van der Waals surface area (Å²) in [6.45, 7) is 11.6. The largest absolute Gasteiger partial charge is 0.478 e. The molecule has 1 heterocycles. The van der Waals surface area contributed by atoms with Crippen molar-refractivity contribution in [1.82, 2.24) is 4.58 Å². The van der Waals surface area contributed by atoms with Crippen LogP contribution in [-0.4, -0.2) is 42.2 Å². The molecule has 2 aliphatic rings. The number of anilines is 2. The Bertz CT molecular complexity index is 1550. The van der Waals surface area contributed by atoms with Crippen LogP contribution in [0.15, 0.2) is 52.9 Å². The third-order valence-electron chi connectivity index (χ3n) is 6.85. The van der Waals surface area contributed by atoms with E-state index in [0.29, 0.717) is 33.4 Å². The normalized spacial score (nSPS) is 11.1. The number of hydrogen-bond donors (Lipinski definition) is 2. The predicted octanol–water partition coefficient (Wildman–Crippen LogP) is 5.05. The lowest BCUT2D eigenvalue weighted by Gasteiger charge is -2.22. The molecule has 37 heavy (non-hydrogen) atoms. The van der Waals surface area contributed by atoms with Gasteiger partial charge >= 0.3 is 5.97 Å². The second kappa shape index (κ2) is 10.3. The highest BCUT2D eigenvalue weighted by atomic mass is 16.6. The van der Waals surface area contributed by atoms with Crippen molar-refractivity contribution in [2.24, 2.45) is 0 Å². The minimum absolute atomic E-state index is 0.299. The smallest absolute Gasteiger partial charge is 0.338 e. The summed E-state index contributed by atoms with van der Waals surface area (Å²) in [6.07, 6.45) is 0. The van der Waals surface area contributed by atoms with Gasteiger partial charge in [0.2, 0.25) is 5.36 Å². The van der Waals surface area contributed by atoms with Crippen LogP contribution < -0.4 is 20.6 Å². The Labute approximate surface area is 214 Å². The number of rotatable bonds is 8. The second-order valence-electron chi connectivity index (χ2n) is 8.67. The van der Waals surface area contributed by atoms with Crippen LogP contribution in [0.4, 0.5) is 17.1 Å². The second-order valence-corrected chi connectivity index (χ2v) is 8.67. The lowest BCUT2D eigenvalue weighted by molar-refractivity contribution is -0.383. The lowest BCUT2D eigenvalue weighted by atomic mass is 9.89. The van der Waals surface area contributed by atoms with E-state index in [0.717, 1.165) is 37.2 Å². The summed E-state index contributed by atoms with van der Waals surface area (Å²) < 4.78 is 8.61. The number of carboxylic acid groups (broad SMARTS) is 1. The van der Waals surface area contributed by atoms with Crippen LogP contribution in [0.2, 0.25) is 0 Å². The Balaban J connectivity index is 2.18. The Morgan fingerprint density at radius 3 is 2.27 bits per heavy atom. The molecule has 0 aromatic heterocycles. The maximum Gasteiger partial charge on any atom is 0.338 e. The quantitative estimate of drug-likeness (QED) is 0.113. The van der Waals surface area contributed by atoms with Crippen LogP contribution >= 0.6 is 0 Å². The number of benzene rings is 3. The Hall–Kier alpha value is -4.40. The summed E-state index contributed by atoms with van der Waals surface area (Å²) in [5.41, 5.74) is 8.08. The van der Waals surface area contributed by atoms with E-state index < -0.39 is 16.6 Å². The van der Waals surface area contributed by atoms with E-state index in [9.17, 15) is 20.0 Å². The van der Waals surface area contributed by atoms with Gasteiger partial charge in [-0.1, -0.05) is 0 Å². The molecule has 192 valence electrons. The fourth-order valence-electron chi connectivity index (χ4n) is 4.94. The van der Waals surface area contributed by atoms with Crippen LogP contribution in [0.1, 0.15) is 38.1 Å². The summed E-state index contributed by atoms with van der Waals surface area (Å²) in [5.74, 6) is -0.755. The molecule has 0 saturated carbocycles. The van der Waals surface area contributed by atoms with Gasteiger partial charge in [0.1, 0.15) is 30.1 Å². The standard InChI is InChI=1S/C28H30N4O5/c1-5-30(6-2)17-9-11-19-23(15-17)37-24-16-18(31(7-3)8-4)10-12-20(24)25(19)21-13-14-22(32(35)36)27(29)26(21)28(33)34/h9-16H,5-8,29H2,1-4H3/p+1. The van der Waals surface area contributed by atoms with Crippen molar-refractivity contribution in [3.05, 3.63) is 69.6 Å². The van der Waals surface area contributed by atoms with E-state index in [4.69, 9.17) is 10.2 Å². The molecule has 0 fully saturated rings. The van der Waals surface area contributed by atoms with E-state index in [1.165, 1.54) is 12.1 Å². The number of carbonyl (C=O) groups is 1. The van der Waals surface area contributed by atoms with Gasteiger partial charge in [0.15, 0.2) is 0 Å². The van der Waals surface area contributed by atoms with Gasteiger partial charge in [-0.3, -0.25) is 10.1 Å². The number of nitro benzene ring substituents is 1. The number of aromatic carboxylic acids is 1. The number of carboxylic acids is 1. The van der Waals surface area contributed by atoms with E-state index in [2.05, 4.69) is 37.2 Å². The minimum Gasteiger partial charge on any atom is -0.478 e. The van der Waals surface area contributed by atoms with Crippen LogP contribution in [0.5, 0.6) is 0 Å². The van der Waals surface area contributed by atoms with Crippen LogP contribution in [0, 0.1) is 10.1 Å². The summed E-state index contributed by atoms with van der Waals surface area (Å²) >= 11 is 0. The molecule has 2 aromatic rings. The van der Waals surface area contributed by atoms with Crippen molar-refractivity contribution in [2.45, 2.75) is 27.7 Å². The number of nitro groups is 1. The van der Waals surface area contributed by atoms with Gasteiger partial charge in [-0.15, -0.1) is 0 Å². The van der Waals surface area contributed by atoms with Gasteiger partial charge in [-0.05, 0) is 52.0 Å². The van der Waals surface area contributed by atoms with Crippen molar-refractivity contribution in [2.75, 3.05) is 36.8 Å². The molecule has 0 saturated heterocycles. The zero-order valence-electron chi connectivity index (χ0n) is 21.4. The average molecular weight is 504 g/mol. The molecule has 0 spiro atoms. The molecule has 9 nitrogen and oxygen atoms in total. The fourth-order valence-corrected chi connectivity index (χ4v) is 4.94. The monoisotopic (exact) mass is 503 g/mol.